The first-order chi connectivity index (χ1) is 8.40. The van der Waals surface area contributed by atoms with Gasteiger partial charge in [0.2, 0.25) is 0 Å². The van der Waals surface area contributed by atoms with Crippen LogP contribution < -0.4 is 5.32 Å². The van der Waals surface area contributed by atoms with Gasteiger partial charge < -0.3 is 15.0 Å². The molecule has 0 bridgehead atoms. The second kappa shape index (κ2) is 6.77. The van der Waals surface area contributed by atoms with Crippen molar-refractivity contribution in [2.24, 2.45) is 5.92 Å². The van der Waals surface area contributed by atoms with E-state index in [-0.39, 0.29) is 0 Å². The molecular weight excluding hydrogens is 214 g/mol. The van der Waals surface area contributed by atoms with Crippen LogP contribution in [-0.2, 0) is 6.54 Å². The number of rotatable bonds is 6. The Labute approximate surface area is 103 Å². The minimum absolute atomic E-state index is 0.333. The molecule has 96 valence electrons. The van der Waals surface area contributed by atoms with Gasteiger partial charge >= 0.3 is 0 Å². The Morgan fingerprint density at radius 2 is 2.24 bits per heavy atom. The summed E-state index contributed by atoms with van der Waals surface area (Å²) in [5.74, 6) is 0.469. The molecule has 0 saturated heterocycles. The number of aromatic nitrogens is 2. The third-order valence-electron chi connectivity index (χ3n) is 3.70. The summed E-state index contributed by atoms with van der Waals surface area (Å²) in [5, 5.41) is 12.9. The Kier molecular flexibility index (Phi) is 5.01. The second-order valence-corrected chi connectivity index (χ2v) is 4.94. The van der Waals surface area contributed by atoms with Crippen LogP contribution in [0.15, 0.2) is 18.7 Å². The molecule has 1 heterocycles. The van der Waals surface area contributed by atoms with Crippen LogP contribution in [0, 0.1) is 5.92 Å². The highest BCUT2D eigenvalue weighted by molar-refractivity contribution is 4.80. The lowest BCUT2D eigenvalue weighted by Crippen LogP contribution is -2.40. The third-order valence-corrected chi connectivity index (χ3v) is 3.70. The average Bonchev–Trinajstić information content (AvgIpc) is 2.88. The van der Waals surface area contributed by atoms with Crippen molar-refractivity contribution in [1.29, 1.82) is 0 Å². The van der Waals surface area contributed by atoms with E-state index in [9.17, 15) is 5.11 Å². The number of aliphatic hydroxyl groups is 1. The third kappa shape index (κ3) is 3.82. The zero-order valence-corrected chi connectivity index (χ0v) is 10.4. The van der Waals surface area contributed by atoms with Crippen molar-refractivity contribution >= 4 is 0 Å². The van der Waals surface area contributed by atoms with Crippen molar-refractivity contribution in [1.82, 2.24) is 14.9 Å². The molecule has 1 aromatic rings. The molecule has 4 nitrogen and oxygen atoms in total. The molecule has 2 atom stereocenters. The lowest BCUT2D eigenvalue weighted by Gasteiger charge is -2.31. The summed E-state index contributed by atoms with van der Waals surface area (Å²) in [5.41, 5.74) is 0. The van der Waals surface area contributed by atoms with Crippen molar-refractivity contribution in [3.63, 3.8) is 0 Å². The zero-order valence-electron chi connectivity index (χ0n) is 10.4. The number of aryl methyl sites for hydroxylation is 1. The van der Waals surface area contributed by atoms with Crippen molar-refractivity contribution in [2.45, 2.75) is 44.7 Å². The largest absolute Gasteiger partial charge is 0.396 e. The van der Waals surface area contributed by atoms with Crippen LogP contribution in [0.2, 0.25) is 0 Å². The molecular formula is C13H23N3O. The van der Waals surface area contributed by atoms with Gasteiger partial charge in [0.25, 0.3) is 0 Å². The van der Waals surface area contributed by atoms with Crippen LogP contribution in [-0.4, -0.2) is 33.9 Å². The fourth-order valence-electron chi connectivity index (χ4n) is 2.66. The highest BCUT2D eigenvalue weighted by Gasteiger charge is 2.23. The minimum atomic E-state index is 0.333. The van der Waals surface area contributed by atoms with Gasteiger partial charge in [-0.15, -0.1) is 0 Å². The van der Waals surface area contributed by atoms with Crippen LogP contribution in [0.1, 0.15) is 32.1 Å². The van der Waals surface area contributed by atoms with E-state index in [0.29, 0.717) is 18.6 Å². The fourth-order valence-corrected chi connectivity index (χ4v) is 2.66. The number of nitrogens with one attached hydrogen (secondary N) is 1. The van der Waals surface area contributed by atoms with Crippen LogP contribution in [0.25, 0.3) is 0 Å². The minimum Gasteiger partial charge on any atom is -0.396 e. The number of nitrogens with zero attached hydrogens (tertiary/aromatic N) is 2. The lowest BCUT2D eigenvalue weighted by molar-refractivity contribution is 0.153. The summed E-state index contributed by atoms with van der Waals surface area (Å²) in [6.07, 6.45) is 11.8. The predicted octanol–water partition coefficient (Wildman–Crippen LogP) is 1.41. The Hall–Kier alpha value is -0.870. The molecule has 0 aliphatic heterocycles. The molecule has 1 aromatic heterocycles. The van der Waals surface area contributed by atoms with Gasteiger partial charge in [-0.1, -0.05) is 12.8 Å². The Morgan fingerprint density at radius 3 is 3.00 bits per heavy atom. The number of hydrogen-bond donors (Lipinski definition) is 2. The van der Waals surface area contributed by atoms with Gasteiger partial charge in [0.15, 0.2) is 0 Å². The first kappa shape index (κ1) is 12.6. The van der Waals surface area contributed by atoms with E-state index < -0.39 is 0 Å². The van der Waals surface area contributed by atoms with E-state index >= 15 is 0 Å². The van der Waals surface area contributed by atoms with Gasteiger partial charge in [-0.3, -0.25) is 0 Å². The summed E-state index contributed by atoms with van der Waals surface area (Å²) in [4.78, 5) is 4.03. The van der Waals surface area contributed by atoms with Gasteiger partial charge in [0.05, 0.1) is 6.33 Å². The molecule has 2 N–H and O–H groups in total. The maximum Gasteiger partial charge on any atom is 0.0945 e. The van der Waals surface area contributed by atoms with Gasteiger partial charge in [-0.25, -0.2) is 4.98 Å². The number of hydrogen-bond acceptors (Lipinski definition) is 3. The van der Waals surface area contributed by atoms with Crippen LogP contribution in [0.3, 0.4) is 0 Å². The van der Waals surface area contributed by atoms with E-state index in [1.807, 2.05) is 18.7 Å². The van der Waals surface area contributed by atoms with Crippen molar-refractivity contribution < 1.29 is 5.11 Å². The molecule has 0 aromatic carbocycles. The summed E-state index contributed by atoms with van der Waals surface area (Å²) in [6.45, 7) is 2.38. The smallest absolute Gasteiger partial charge is 0.0945 e. The second-order valence-electron chi connectivity index (χ2n) is 4.94. The van der Waals surface area contributed by atoms with E-state index in [2.05, 4.69) is 14.9 Å². The molecule has 0 radical (unpaired) electrons. The number of aliphatic hydroxyl groups excluding tert-OH is 1. The van der Waals surface area contributed by atoms with Gasteiger partial charge in [0, 0.05) is 31.6 Å². The standard InChI is InChI=1S/C13H23N3O/c17-10-12-4-1-2-5-13(12)15-6-3-8-16-9-7-14-11-16/h7,9,11-13,15,17H,1-6,8,10H2/t12-,13-/m0/s1. The molecule has 1 saturated carbocycles. The van der Waals surface area contributed by atoms with Gasteiger partial charge in [-0.2, -0.15) is 0 Å². The van der Waals surface area contributed by atoms with Crippen LogP contribution in [0.4, 0.5) is 0 Å². The molecule has 1 fully saturated rings. The highest BCUT2D eigenvalue weighted by Crippen LogP contribution is 2.23. The molecule has 2 rings (SSSR count). The zero-order chi connectivity index (χ0) is 11.9. The first-order valence-corrected chi connectivity index (χ1v) is 6.70. The molecule has 0 unspecified atom stereocenters. The Balaban J connectivity index is 1.63. The van der Waals surface area contributed by atoms with E-state index in [0.717, 1.165) is 19.5 Å². The molecule has 0 amide bonds. The normalized spacial score (nSPS) is 25.0. The van der Waals surface area contributed by atoms with Crippen molar-refractivity contribution in [3.8, 4) is 0 Å². The predicted molar refractivity (Wildman–Crippen MR) is 67.7 cm³/mol. The summed E-state index contributed by atoms with van der Waals surface area (Å²) < 4.78 is 2.10. The van der Waals surface area contributed by atoms with Crippen molar-refractivity contribution in [2.75, 3.05) is 13.2 Å². The fraction of sp³-hybridized carbons (Fsp3) is 0.769. The summed E-state index contributed by atoms with van der Waals surface area (Å²) >= 11 is 0. The lowest BCUT2D eigenvalue weighted by atomic mass is 9.85. The average molecular weight is 237 g/mol. The van der Waals surface area contributed by atoms with E-state index in [1.54, 1.807) is 0 Å². The molecule has 1 aliphatic carbocycles. The highest BCUT2D eigenvalue weighted by atomic mass is 16.3. The van der Waals surface area contributed by atoms with E-state index in [1.165, 1.54) is 25.7 Å². The van der Waals surface area contributed by atoms with Crippen LogP contribution >= 0.6 is 0 Å². The molecule has 4 heteroatoms. The molecule has 17 heavy (non-hydrogen) atoms. The topological polar surface area (TPSA) is 50.1 Å². The van der Waals surface area contributed by atoms with Gasteiger partial charge in [-0.05, 0) is 31.7 Å². The first-order valence-electron chi connectivity index (χ1n) is 6.70. The summed E-state index contributed by atoms with van der Waals surface area (Å²) in [6, 6.07) is 0.525. The quantitative estimate of drug-likeness (QED) is 0.736. The maximum atomic E-state index is 9.32. The summed E-state index contributed by atoms with van der Waals surface area (Å²) in [7, 11) is 0. The van der Waals surface area contributed by atoms with Gasteiger partial charge in [0.1, 0.15) is 0 Å². The van der Waals surface area contributed by atoms with Crippen LogP contribution in [0.5, 0.6) is 0 Å². The maximum absolute atomic E-state index is 9.32. The Bertz CT molecular complexity index is 300. The molecule has 1 aliphatic rings. The van der Waals surface area contributed by atoms with E-state index in [4.69, 9.17) is 0 Å². The SMILES string of the molecule is OC[C@@H]1CCCC[C@@H]1NCCCn1ccnc1. The molecule has 0 spiro atoms. The Morgan fingerprint density at radius 1 is 1.35 bits per heavy atom. The monoisotopic (exact) mass is 237 g/mol. The van der Waals surface area contributed by atoms with Crippen molar-refractivity contribution in [3.05, 3.63) is 18.7 Å². The number of imidazole rings is 1.